The Bertz CT molecular complexity index is 563. The zero-order valence-corrected chi connectivity index (χ0v) is 10.6. The van der Waals surface area contributed by atoms with E-state index in [1.165, 1.54) is 6.07 Å². The van der Waals surface area contributed by atoms with Crippen molar-refractivity contribution in [3.63, 3.8) is 0 Å². The zero-order chi connectivity index (χ0) is 12.4. The maximum atomic E-state index is 10.7. The minimum absolute atomic E-state index is 0.0832. The van der Waals surface area contributed by atoms with Crippen LogP contribution in [0.25, 0.3) is 0 Å². The van der Waals surface area contributed by atoms with Gasteiger partial charge in [-0.2, -0.15) is 0 Å². The molecular weight excluding hydrogens is 286 g/mol. The molecular formula is C12H10BrNO3. The number of carboxylic acids is 1. The van der Waals surface area contributed by atoms with E-state index in [9.17, 15) is 4.79 Å². The lowest BCUT2D eigenvalue weighted by Gasteiger charge is -2.07. The van der Waals surface area contributed by atoms with Gasteiger partial charge in [0.25, 0.3) is 0 Å². The smallest absolute Gasteiger partial charge is 0.371 e. The number of furan rings is 1. The van der Waals surface area contributed by atoms with Crippen LogP contribution in [0, 0.1) is 6.92 Å². The average Bonchev–Trinajstić information content (AvgIpc) is 2.72. The highest BCUT2D eigenvalue weighted by Gasteiger charge is 2.09. The number of halogens is 1. The van der Waals surface area contributed by atoms with Gasteiger partial charge in [-0.15, -0.1) is 0 Å². The van der Waals surface area contributed by atoms with E-state index in [0.29, 0.717) is 5.88 Å². The summed E-state index contributed by atoms with van der Waals surface area (Å²) in [6, 6.07) is 8.79. The molecule has 0 aliphatic rings. The van der Waals surface area contributed by atoms with E-state index >= 15 is 0 Å². The summed E-state index contributed by atoms with van der Waals surface area (Å²) in [5.41, 5.74) is 1.91. The predicted molar refractivity (Wildman–Crippen MR) is 67.8 cm³/mol. The van der Waals surface area contributed by atoms with Gasteiger partial charge in [-0.1, -0.05) is 22.0 Å². The van der Waals surface area contributed by atoms with Gasteiger partial charge < -0.3 is 14.8 Å². The number of nitrogens with one attached hydrogen (secondary N) is 1. The van der Waals surface area contributed by atoms with E-state index in [0.717, 1.165) is 15.7 Å². The van der Waals surface area contributed by atoms with E-state index in [1.807, 2.05) is 25.1 Å². The molecule has 1 aromatic heterocycles. The normalized spacial score (nSPS) is 10.2. The molecule has 0 unspecified atom stereocenters. The molecule has 2 rings (SSSR count). The van der Waals surface area contributed by atoms with Gasteiger partial charge >= 0.3 is 5.97 Å². The third kappa shape index (κ3) is 2.68. The highest BCUT2D eigenvalue weighted by Crippen LogP contribution is 2.25. The van der Waals surface area contributed by atoms with Crippen LogP contribution in [0.2, 0.25) is 0 Å². The lowest BCUT2D eigenvalue weighted by Crippen LogP contribution is -1.93. The summed E-state index contributed by atoms with van der Waals surface area (Å²) in [4.78, 5) is 10.7. The molecule has 0 atom stereocenters. The molecule has 0 aliphatic heterocycles. The Hall–Kier alpha value is -1.75. The maximum Gasteiger partial charge on any atom is 0.371 e. The van der Waals surface area contributed by atoms with Crippen LogP contribution < -0.4 is 5.32 Å². The molecule has 0 aliphatic carbocycles. The van der Waals surface area contributed by atoms with Crippen LogP contribution in [0.15, 0.2) is 39.2 Å². The molecule has 0 saturated carbocycles. The predicted octanol–water partition coefficient (Wildman–Crippen LogP) is 3.79. The van der Waals surface area contributed by atoms with Gasteiger partial charge in [0.2, 0.25) is 5.76 Å². The van der Waals surface area contributed by atoms with E-state index in [-0.39, 0.29) is 5.76 Å². The van der Waals surface area contributed by atoms with Crippen LogP contribution in [-0.2, 0) is 0 Å². The fourth-order valence-electron chi connectivity index (χ4n) is 1.38. The third-order valence-corrected chi connectivity index (χ3v) is 2.77. The Morgan fingerprint density at radius 3 is 2.76 bits per heavy atom. The SMILES string of the molecule is Cc1ccc(Br)cc1Nc1ccc(C(=O)O)o1. The standard InChI is InChI=1S/C12H10BrNO3/c1-7-2-3-8(13)6-9(7)14-11-5-4-10(17-11)12(15)16/h2-6,14H,1H3,(H,15,16). The number of hydrogen-bond acceptors (Lipinski definition) is 3. The Balaban J connectivity index is 2.25. The van der Waals surface area contributed by atoms with Crippen molar-refractivity contribution in [1.29, 1.82) is 0 Å². The second-order valence-corrected chi connectivity index (χ2v) is 4.47. The number of carboxylic acid groups (broad SMARTS) is 1. The number of carbonyl (C=O) groups is 1. The fourth-order valence-corrected chi connectivity index (χ4v) is 1.74. The van der Waals surface area contributed by atoms with Crippen LogP contribution in [0.3, 0.4) is 0 Å². The van der Waals surface area contributed by atoms with Gasteiger partial charge in [-0.3, -0.25) is 0 Å². The number of hydrogen-bond donors (Lipinski definition) is 2. The van der Waals surface area contributed by atoms with Crippen LogP contribution in [0.1, 0.15) is 16.1 Å². The molecule has 2 aromatic rings. The highest BCUT2D eigenvalue weighted by molar-refractivity contribution is 9.10. The van der Waals surface area contributed by atoms with Crippen LogP contribution in [-0.4, -0.2) is 11.1 Å². The Morgan fingerprint density at radius 1 is 1.35 bits per heavy atom. The van der Waals surface area contributed by atoms with Crippen molar-refractivity contribution >= 4 is 33.5 Å². The minimum atomic E-state index is -1.08. The molecule has 0 fully saturated rings. The summed E-state index contributed by atoms with van der Waals surface area (Å²) in [5.74, 6) is -0.757. The van der Waals surface area contributed by atoms with Crippen molar-refractivity contribution in [1.82, 2.24) is 0 Å². The summed E-state index contributed by atoms with van der Waals surface area (Å²) in [7, 11) is 0. The first-order valence-electron chi connectivity index (χ1n) is 4.92. The van der Waals surface area contributed by atoms with Gasteiger partial charge in [0.1, 0.15) is 0 Å². The topological polar surface area (TPSA) is 62.5 Å². The quantitative estimate of drug-likeness (QED) is 0.904. The van der Waals surface area contributed by atoms with Crippen molar-refractivity contribution < 1.29 is 14.3 Å². The van der Waals surface area contributed by atoms with E-state index in [2.05, 4.69) is 21.2 Å². The minimum Gasteiger partial charge on any atom is -0.475 e. The fraction of sp³-hybridized carbons (Fsp3) is 0.0833. The third-order valence-electron chi connectivity index (χ3n) is 2.27. The summed E-state index contributed by atoms with van der Waals surface area (Å²) in [6.45, 7) is 1.95. The van der Waals surface area contributed by atoms with Crippen molar-refractivity contribution in [2.24, 2.45) is 0 Å². The lowest BCUT2D eigenvalue weighted by molar-refractivity contribution is 0.0663. The van der Waals surface area contributed by atoms with Crippen molar-refractivity contribution in [2.45, 2.75) is 6.92 Å². The molecule has 2 N–H and O–H groups in total. The molecule has 5 heteroatoms. The second-order valence-electron chi connectivity index (χ2n) is 3.55. The summed E-state index contributed by atoms with van der Waals surface area (Å²) in [6.07, 6.45) is 0. The number of aryl methyl sites for hydroxylation is 1. The molecule has 0 bridgehead atoms. The molecule has 0 radical (unpaired) electrons. The number of aromatic carboxylic acids is 1. The Morgan fingerprint density at radius 2 is 2.12 bits per heavy atom. The number of rotatable bonds is 3. The van der Waals surface area contributed by atoms with Gasteiger partial charge in [0.05, 0.1) is 0 Å². The van der Waals surface area contributed by atoms with E-state index in [1.54, 1.807) is 6.07 Å². The lowest BCUT2D eigenvalue weighted by atomic mass is 10.2. The molecule has 1 heterocycles. The molecule has 88 valence electrons. The van der Waals surface area contributed by atoms with Gasteiger partial charge in [-0.05, 0) is 30.7 Å². The average molecular weight is 296 g/mol. The van der Waals surface area contributed by atoms with E-state index < -0.39 is 5.97 Å². The molecule has 17 heavy (non-hydrogen) atoms. The van der Waals surface area contributed by atoms with Crippen molar-refractivity contribution in [3.8, 4) is 0 Å². The first-order chi connectivity index (χ1) is 8.06. The van der Waals surface area contributed by atoms with Gasteiger partial charge in [0, 0.05) is 16.2 Å². The maximum absolute atomic E-state index is 10.7. The van der Waals surface area contributed by atoms with Crippen LogP contribution in [0.4, 0.5) is 11.6 Å². The molecule has 4 nitrogen and oxygen atoms in total. The Kier molecular flexibility index (Phi) is 3.19. The number of anilines is 2. The zero-order valence-electron chi connectivity index (χ0n) is 9.03. The van der Waals surface area contributed by atoms with Crippen molar-refractivity contribution in [2.75, 3.05) is 5.32 Å². The summed E-state index contributed by atoms with van der Waals surface area (Å²) in [5, 5.41) is 11.8. The van der Waals surface area contributed by atoms with Gasteiger partial charge in [0.15, 0.2) is 5.88 Å². The largest absolute Gasteiger partial charge is 0.475 e. The second kappa shape index (κ2) is 4.63. The Labute approximate surface area is 106 Å². The van der Waals surface area contributed by atoms with E-state index in [4.69, 9.17) is 9.52 Å². The molecule has 0 amide bonds. The van der Waals surface area contributed by atoms with Gasteiger partial charge in [-0.25, -0.2) is 4.79 Å². The van der Waals surface area contributed by atoms with Crippen molar-refractivity contribution in [3.05, 3.63) is 46.1 Å². The highest BCUT2D eigenvalue weighted by atomic mass is 79.9. The van der Waals surface area contributed by atoms with Crippen LogP contribution >= 0.6 is 15.9 Å². The summed E-state index contributed by atoms with van der Waals surface area (Å²) < 4.78 is 6.06. The monoisotopic (exact) mass is 295 g/mol. The molecule has 1 aromatic carbocycles. The number of benzene rings is 1. The first kappa shape index (κ1) is 11.7. The first-order valence-corrected chi connectivity index (χ1v) is 5.72. The molecule has 0 spiro atoms. The van der Waals surface area contributed by atoms with Crippen LogP contribution in [0.5, 0.6) is 0 Å². The summed E-state index contributed by atoms with van der Waals surface area (Å²) >= 11 is 3.37. The molecule has 0 saturated heterocycles.